The second kappa shape index (κ2) is 4.51. The fourth-order valence-electron chi connectivity index (χ4n) is 2.21. The minimum atomic E-state index is -2.94. The highest BCUT2D eigenvalue weighted by molar-refractivity contribution is 9.10. The van der Waals surface area contributed by atoms with Crippen molar-refractivity contribution in [1.29, 1.82) is 0 Å². The first-order valence-corrected chi connectivity index (χ1v) is 6.29. The molecule has 0 amide bonds. The fraction of sp³-hybridized carbons (Fsp3) is 0.500. The molecule has 1 fully saturated rings. The van der Waals surface area contributed by atoms with Crippen molar-refractivity contribution in [3.05, 3.63) is 33.5 Å². The zero-order valence-electron chi connectivity index (χ0n) is 9.63. The van der Waals surface area contributed by atoms with Gasteiger partial charge in [0.25, 0.3) is 6.43 Å². The number of hydrogen-bond acceptors (Lipinski definition) is 2. The summed E-state index contributed by atoms with van der Waals surface area (Å²) in [5, 5.41) is 9.35. The van der Waals surface area contributed by atoms with E-state index < -0.39 is 29.8 Å². The van der Waals surface area contributed by atoms with Crippen molar-refractivity contribution in [2.24, 2.45) is 11.7 Å². The highest BCUT2D eigenvalue weighted by Gasteiger charge is 2.57. The molecule has 0 heterocycles. The first kappa shape index (κ1) is 13.8. The lowest BCUT2D eigenvalue weighted by Gasteiger charge is -2.30. The van der Waals surface area contributed by atoms with Crippen LogP contribution in [-0.4, -0.2) is 17.6 Å². The number of hydrogen-bond donors (Lipinski definition) is 2. The van der Waals surface area contributed by atoms with Crippen molar-refractivity contribution in [2.75, 3.05) is 0 Å². The van der Waals surface area contributed by atoms with Crippen LogP contribution in [0.5, 0.6) is 0 Å². The number of halogens is 4. The van der Waals surface area contributed by atoms with Crippen LogP contribution in [0.25, 0.3) is 0 Å². The molecular formula is C12H13BrF3NO. The lowest BCUT2D eigenvalue weighted by molar-refractivity contribution is 0.0261. The van der Waals surface area contributed by atoms with E-state index in [0.717, 1.165) is 0 Å². The van der Waals surface area contributed by atoms with Gasteiger partial charge in [-0.2, -0.15) is 0 Å². The molecule has 0 spiro atoms. The Hall–Kier alpha value is -0.590. The smallest absolute Gasteiger partial charge is 0.260 e. The van der Waals surface area contributed by atoms with Gasteiger partial charge in [0.05, 0.1) is 6.10 Å². The third-order valence-corrected chi connectivity index (χ3v) is 3.88. The van der Waals surface area contributed by atoms with Crippen LogP contribution in [-0.2, 0) is 5.54 Å². The van der Waals surface area contributed by atoms with Crippen LogP contribution in [0.3, 0.4) is 0 Å². The summed E-state index contributed by atoms with van der Waals surface area (Å²) in [5.41, 5.74) is 3.58. The molecule has 2 rings (SSSR count). The number of aliphatic hydroxyl groups is 1. The molecule has 3 atom stereocenters. The summed E-state index contributed by atoms with van der Waals surface area (Å²) in [7, 11) is 0. The molecule has 2 nitrogen and oxygen atoms in total. The molecule has 2 unspecified atom stereocenters. The lowest BCUT2D eigenvalue weighted by atomic mass is 9.85. The predicted octanol–water partition coefficient (Wildman–Crippen LogP) is 2.70. The molecule has 1 saturated carbocycles. The van der Waals surface area contributed by atoms with Crippen molar-refractivity contribution in [2.45, 2.75) is 31.4 Å². The van der Waals surface area contributed by atoms with Crippen molar-refractivity contribution in [3.63, 3.8) is 0 Å². The molecule has 0 aromatic heterocycles. The largest absolute Gasteiger partial charge is 0.393 e. The minimum absolute atomic E-state index is 0.172. The topological polar surface area (TPSA) is 46.2 Å². The first-order valence-electron chi connectivity index (χ1n) is 5.49. The average Bonchev–Trinajstić information content (AvgIpc) is 3.00. The van der Waals surface area contributed by atoms with E-state index in [2.05, 4.69) is 15.9 Å². The molecule has 3 N–H and O–H groups in total. The monoisotopic (exact) mass is 323 g/mol. The van der Waals surface area contributed by atoms with E-state index in [1.54, 1.807) is 0 Å². The van der Waals surface area contributed by atoms with Gasteiger partial charge in [0.2, 0.25) is 0 Å². The molecule has 0 bridgehead atoms. The van der Waals surface area contributed by atoms with Crippen LogP contribution in [0.2, 0.25) is 0 Å². The summed E-state index contributed by atoms with van der Waals surface area (Å²) in [5.74, 6) is -1.54. The Kier molecular flexibility index (Phi) is 3.46. The van der Waals surface area contributed by atoms with Crippen LogP contribution in [0.4, 0.5) is 13.2 Å². The number of alkyl halides is 2. The molecule has 0 radical (unpaired) electrons. The summed E-state index contributed by atoms with van der Waals surface area (Å²) in [6, 6.07) is 2.76. The quantitative estimate of drug-likeness (QED) is 0.898. The highest BCUT2D eigenvalue weighted by Crippen LogP contribution is 2.48. The maximum absolute atomic E-state index is 14.0. The second-order valence-corrected chi connectivity index (χ2v) is 5.64. The van der Waals surface area contributed by atoms with E-state index in [9.17, 15) is 18.3 Å². The maximum atomic E-state index is 14.0. The van der Waals surface area contributed by atoms with E-state index in [1.807, 2.05) is 0 Å². The Balaban J connectivity index is 2.56. The minimum Gasteiger partial charge on any atom is -0.393 e. The van der Waals surface area contributed by atoms with Crippen molar-refractivity contribution >= 4 is 15.9 Å². The normalized spacial score (nSPS) is 26.2. The van der Waals surface area contributed by atoms with Gasteiger partial charge in [-0.15, -0.1) is 0 Å². The summed E-state index contributed by atoms with van der Waals surface area (Å²) in [4.78, 5) is 0. The SMILES string of the molecule is Cc1cc(Br)cc([C@@](N)(C(F)F)C2CC2O)c1F. The van der Waals surface area contributed by atoms with Gasteiger partial charge < -0.3 is 10.8 Å². The molecule has 1 aliphatic carbocycles. The zero-order valence-corrected chi connectivity index (χ0v) is 11.2. The lowest BCUT2D eigenvalue weighted by Crippen LogP contribution is -2.48. The number of rotatable bonds is 3. The molecule has 0 saturated heterocycles. The van der Waals surface area contributed by atoms with E-state index in [1.165, 1.54) is 19.1 Å². The average molecular weight is 324 g/mol. The summed E-state index contributed by atoms with van der Waals surface area (Å²) in [6.07, 6.45) is -3.66. The van der Waals surface area contributed by atoms with Gasteiger partial charge in [-0.05, 0) is 31.0 Å². The van der Waals surface area contributed by atoms with Crippen LogP contribution in [0, 0.1) is 18.7 Å². The molecule has 18 heavy (non-hydrogen) atoms. The molecule has 1 aromatic rings. The highest BCUT2D eigenvalue weighted by atomic mass is 79.9. The maximum Gasteiger partial charge on any atom is 0.260 e. The van der Waals surface area contributed by atoms with Gasteiger partial charge in [0.1, 0.15) is 11.4 Å². The van der Waals surface area contributed by atoms with Crippen molar-refractivity contribution in [3.8, 4) is 0 Å². The van der Waals surface area contributed by atoms with Gasteiger partial charge in [0, 0.05) is 16.0 Å². The van der Waals surface area contributed by atoms with Crippen LogP contribution in [0.15, 0.2) is 16.6 Å². The number of benzene rings is 1. The standard InChI is InChI=1S/C12H13BrF3NO/c1-5-2-6(13)3-8(10(5)14)12(17,11(15)16)7-4-9(7)18/h2-3,7,9,11,18H,4,17H2,1H3/t7?,9?,12-/m1/s1. The molecule has 1 aromatic carbocycles. The van der Waals surface area contributed by atoms with Crippen molar-refractivity contribution < 1.29 is 18.3 Å². The van der Waals surface area contributed by atoms with Crippen LogP contribution in [0.1, 0.15) is 17.5 Å². The summed E-state index contributed by atoms with van der Waals surface area (Å²) >= 11 is 3.14. The van der Waals surface area contributed by atoms with E-state index in [0.29, 0.717) is 4.47 Å². The van der Waals surface area contributed by atoms with Crippen LogP contribution >= 0.6 is 15.9 Å². The van der Waals surface area contributed by atoms with Gasteiger partial charge in [-0.25, -0.2) is 13.2 Å². The second-order valence-electron chi connectivity index (χ2n) is 4.73. The molecular weight excluding hydrogens is 311 g/mol. The van der Waals surface area contributed by atoms with E-state index in [4.69, 9.17) is 5.73 Å². The molecule has 1 aliphatic rings. The van der Waals surface area contributed by atoms with E-state index >= 15 is 0 Å². The van der Waals surface area contributed by atoms with Crippen molar-refractivity contribution in [1.82, 2.24) is 0 Å². The van der Waals surface area contributed by atoms with Crippen LogP contribution < -0.4 is 5.73 Å². The number of aliphatic hydroxyl groups excluding tert-OH is 1. The fourth-order valence-corrected chi connectivity index (χ4v) is 2.79. The summed E-state index contributed by atoms with van der Waals surface area (Å²) < 4.78 is 41.0. The molecule has 0 aliphatic heterocycles. The Morgan fingerprint density at radius 1 is 1.50 bits per heavy atom. The summed E-state index contributed by atoms with van der Waals surface area (Å²) in [6.45, 7) is 1.48. The van der Waals surface area contributed by atoms with Gasteiger partial charge in [0.15, 0.2) is 0 Å². The Labute approximate surface area is 111 Å². The van der Waals surface area contributed by atoms with E-state index in [-0.39, 0.29) is 17.5 Å². The van der Waals surface area contributed by atoms with Gasteiger partial charge in [-0.3, -0.25) is 0 Å². The molecule has 6 heteroatoms. The predicted molar refractivity (Wildman–Crippen MR) is 64.8 cm³/mol. The van der Waals surface area contributed by atoms with Gasteiger partial charge >= 0.3 is 0 Å². The Morgan fingerprint density at radius 3 is 2.50 bits per heavy atom. The zero-order chi connectivity index (χ0) is 13.7. The number of nitrogens with two attached hydrogens (primary N) is 1. The van der Waals surface area contributed by atoms with Gasteiger partial charge in [-0.1, -0.05) is 15.9 Å². The third kappa shape index (κ3) is 2.06. The Bertz CT molecular complexity index is 483. The third-order valence-electron chi connectivity index (χ3n) is 3.42. The Morgan fingerprint density at radius 2 is 2.06 bits per heavy atom. The number of aryl methyl sites for hydroxylation is 1. The first-order chi connectivity index (χ1) is 8.28. The molecule has 100 valence electrons.